The molecule has 0 bridgehead atoms. The number of ether oxygens (including phenoxy) is 1. The van der Waals surface area contributed by atoms with Crippen molar-refractivity contribution in [1.82, 2.24) is 14.8 Å². The SMILES string of the molecule is C[C@@H]1CN([C@@H](C)CO)C(=O)c2cc(C3=CCCC3)cnc2O[C@@H]1CN(C)C. The zero-order chi connectivity index (χ0) is 19.6. The molecular formula is C21H31N3O3. The molecule has 2 heterocycles. The number of hydrogen-bond acceptors (Lipinski definition) is 5. The average molecular weight is 373 g/mol. The number of allylic oxidation sites excluding steroid dienone is 2. The molecule has 1 amide bonds. The van der Waals surface area contributed by atoms with Gasteiger partial charge in [-0.05, 0) is 57.5 Å². The summed E-state index contributed by atoms with van der Waals surface area (Å²) < 4.78 is 6.23. The normalized spacial score (nSPS) is 24.1. The summed E-state index contributed by atoms with van der Waals surface area (Å²) in [6, 6.07) is 1.67. The van der Waals surface area contributed by atoms with E-state index in [1.54, 1.807) is 4.90 Å². The first-order valence-corrected chi connectivity index (χ1v) is 9.83. The van der Waals surface area contributed by atoms with Crippen LogP contribution in [0.15, 0.2) is 18.3 Å². The number of rotatable bonds is 5. The first-order chi connectivity index (χ1) is 12.9. The van der Waals surface area contributed by atoms with Crippen LogP contribution in [0.5, 0.6) is 5.88 Å². The minimum Gasteiger partial charge on any atom is -0.472 e. The van der Waals surface area contributed by atoms with Crippen LogP contribution in [0.25, 0.3) is 5.57 Å². The highest BCUT2D eigenvalue weighted by molar-refractivity contribution is 5.97. The summed E-state index contributed by atoms with van der Waals surface area (Å²) in [6.07, 6.45) is 7.21. The van der Waals surface area contributed by atoms with Crippen LogP contribution in [0.1, 0.15) is 49.0 Å². The maximum Gasteiger partial charge on any atom is 0.259 e. The van der Waals surface area contributed by atoms with E-state index < -0.39 is 0 Å². The van der Waals surface area contributed by atoms with Crippen LogP contribution in [0.2, 0.25) is 0 Å². The minimum atomic E-state index is -0.250. The van der Waals surface area contributed by atoms with Gasteiger partial charge in [-0.1, -0.05) is 13.0 Å². The number of aliphatic hydroxyl groups is 1. The average Bonchev–Trinajstić information content (AvgIpc) is 3.18. The van der Waals surface area contributed by atoms with Crippen LogP contribution in [-0.2, 0) is 0 Å². The Labute approximate surface area is 161 Å². The van der Waals surface area contributed by atoms with E-state index in [9.17, 15) is 9.90 Å². The fourth-order valence-electron chi connectivity index (χ4n) is 3.79. The van der Waals surface area contributed by atoms with Crippen molar-refractivity contribution in [2.24, 2.45) is 5.92 Å². The maximum atomic E-state index is 13.3. The smallest absolute Gasteiger partial charge is 0.259 e. The lowest BCUT2D eigenvalue weighted by Gasteiger charge is -2.37. The number of carbonyl (C=O) groups is 1. The van der Waals surface area contributed by atoms with Crippen LogP contribution in [0.3, 0.4) is 0 Å². The van der Waals surface area contributed by atoms with Gasteiger partial charge in [0.25, 0.3) is 5.91 Å². The van der Waals surface area contributed by atoms with Gasteiger partial charge in [-0.25, -0.2) is 4.98 Å². The molecule has 148 valence electrons. The molecule has 2 aliphatic rings. The number of pyridine rings is 1. The summed E-state index contributed by atoms with van der Waals surface area (Å²) in [4.78, 5) is 21.7. The van der Waals surface area contributed by atoms with E-state index in [2.05, 4.69) is 22.9 Å². The quantitative estimate of drug-likeness (QED) is 0.859. The molecule has 0 aromatic carbocycles. The zero-order valence-electron chi connectivity index (χ0n) is 16.8. The Hall–Kier alpha value is -1.92. The zero-order valence-corrected chi connectivity index (χ0v) is 16.8. The fraction of sp³-hybridized carbons (Fsp3) is 0.619. The summed E-state index contributed by atoms with van der Waals surface area (Å²) in [5, 5.41) is 9.68. The first-order valence-electron chi connectivity index (χ1n) is 9.83. The number of likely N-dealkylation sites (N-methyl/N-ethyl adjacent to an activating group) is 1. The number of amides is 1. The van der Waals surface area contributed by atoms with Crippen molar-refractivity contribution in [2.45, 2.75) is 45.3 Å². The van der Waals surface area contributed by atoms with Crippen molar-refractivity contribution in [1.29, 1.82) is 0 Å². The Morgan fingerprint density at radius 1 is 1.44 bits per heavy atom. The predicted molar refractivity (Wildman–Crippen MR) is 106 cm³/mol. The van der Waals surface area contributed by atoms with Gasteiger partial charge in [0.2, 0.25) is 5.88 Å². The van der Waals surface area contributed by atoms with E-state index in [1.807, 2.05) is 33.3 Å². The molecule has 0 fully saturated rings. The molecule has 1 aliphatic carbocycles. The van der Waals surface area contributed by atoms with Crippen molar-refractivity contribution in [3.63, 3.8) is 0 Å². The van der Waals surface area contributed by atoms with Gasteiger partial charge < -0.3 is 19.6 Å². The third-order valence-corrected chi connectivity index (χ3v) is 5.48. The van der Waals surface area contributed by atoms with E-state index in [4.69, 9.17) is 4.74 Å². The molecule has 0 radical (unpaired) electrons. The lowest BCUT2D eigenvalue weighted by atomic mass is 9.99. The largest absolute Gasteiger partial charge is 0.472 e. The van der Waals surface area contributed by atoms with E-state index in [-0.39, 0.29) is 30.6 Å². The Bertz CT molecular complexity index is 717. The number of carbonyl (C=O) groups excluding carboxylic acids is 1. The lowest BCUT2D eigenvalue weighted by molar-refractivity contribution is 0.0348. The molecule has 1 aromatic rings. The predicted octanol–water partition coefficient (Wildman–Crippen LogP) is 2.43. The Kier molecular flexibility index (Phi) is 6.17. The first kappa shape index (κ1) is 19.8. The van der Waals surface area contributed by atoms with Gasteiger partial charge in [0.1, 0.15) is 11.7 Å². The molecule has 6 heteroatoms. The molecule has 0 saturated heterocycles. The van der Waals surface area contributed by atoms with Gasteiger partial charge in [-0.15, -0.1) is 0 Å². The molecule has 1 N–H and O–H groups in total. The van der Waals surface area contributed by atoms with Crippen LogP contribution in [0.4, 0.5) is 0 Å². The van der Waals surface area contributed by atoms with Gasteiger partial charge in [-0.3, -0.25) is 4.79 Å². The number of aromatic nitrogens is 1. The molecule has 0 unspecified atom stereocenters. The van der Waals surface area contributed by atoms with Crippen molar-refractivity contribution >= 4 is 11.5 Å². The summed E-state index contributed by atoms with van der Waals surface area (Å²) in [5.41, 5.74) is 2.74. The van der Waals surface area contributed by atoms with Crippen molar-refractivity contribution in [3.05, 3.63) is 29.5 Å². The minimum absolute atomic E-state index is 0.0642. The van der Waals surface area contributed by atoms with E-state index >= 15 is 0 Å². The highest BCUT2D eigenvalue weighted by Gasteiger charge is 2.34. The molecule has 0 saturated carbocycles. The molecular weight excluding hydrogens is 342 g/mol. The third kappa shape index (κ3) is 4.33. The molecule has 3 rings (SSSR count). The standard InChI is InChI=1S/C21H31N3O3/c1-14-11-24(15(2)13-25)21(26)18-9-17(16-7-5-6-8-16)10-22-20(18)27-19(14)12-23(3)4/h7,9-10,14-15,19,25H,5-6,8,11-13H2,1-4H3/t14-,15+,19-/m1/s1. The number of fused-ring (bicyclic) bond motifs is 1. The highest BCUT2D eigenvalue weighted by Crippen LogP contribution is 2.32. The van der Waals surface area contributed by atoms with Crippen molar-refractivity contribution in [2.75, 3.05) is 33.8 Å². The van der Waals surface area contributed by atoms with E-state index in [0.29, 0.717) is 18.0 Å². The Morgan fingerprint density at radius 3 is 2.85 bits per heavy atom. The molecule has 3 atom stereocenters. The van der Waals surface area contributed by atoms with Crippen molar-refractivity contribution < 1.29 is 14.6 Å². The Balaban J connectivity index is 2.02. The Morgan fingerprint density at radius 2 is 2.22 bits per heavy atom. The molecule has 1 aromatic heterocycles. The van der Waals surface area contributed by atoms with Crippen LogP contribution in [-0.4, -0.2) is 71.7 Å². The number of aliphatic hydroxyl groups excluding tert-OH is 1. The molecule has 27 heavy (non-hydrogen) atoms. The number of hydrogen-bond donors (Lipinski definition) is 1. The van der Waals surface area contributed by atoms with Crippen LogP contribution in [0, 0.1) is 5.92 Å². The second kappa shape index (κ2) is 8.40. The summed E-state index contributed by atoms with van der Waals surface area (Å²) in [5.74, 6) is 0.406. The topological polar surface area (TPSA) is 65.9 Å². The van der Waals surface area contributed by atoms with E-state index in [1.165, 1.54) is 5.57 Å². The second-order valence-corrected chi connectivity index (χ2v) is 8.08. The number of nitrogens with zero attached hydrogens (tertiary/aromatic N) is 3. The second-order valence-electron chi connectivity index (χ2n) is 8.08. The summed E-state index contributed by atoms with van der Waals surface area (Å²) in [7, 11) is 4.02. The highest BCUT2D eigenvalue weighted by atomic mass is 16.5. The fourth-order valence-corrected chi connectivity index (χ4v) is 3.79. The third-order valence-electron chi connectivity index (χ3n) is 5.48. The van der Waals surface area contributed by atoms with Gasteiger partial charge in [-0.2, -0.15) is 0 Å². The summed E-state index contributed by atoms with van der Waals surface area (Å²) >= 11 is 0. The lowest BCUT2D eigenvalue weighted by Crippen LogP contribution is -2.49. The van der Waals surface area contributed by atoms with Gasteiger partial charge in [0.05, 0.1) is 12.6 Å². The van der Waals surface area contributed by atoms with Gasteiger partial charge in [0, 0.05) is 25.2 Å². The monoisotopic (exact) mass is 373 g/mol. The van der Waals surface area contributed by atoms with Crippen LogP contribution >= 0.6 is 0 Å². The molecule has 0 spiro atoms. The molecule has 1 aliphatic heterocycles. The maximum absolute atomic E-state index is 13.3. The molecule has 6 nitrogen and oxygen atoms in total. The van der Waals surface area contributed by atoms with Gasteiger partial charge >= 0.3 is 0 Å². The van der Waals surface area contributed by atoms with Gasteiger partial charge in [0.15, 0.2) is 0 Å². The van der Waals surface area contributed by atoms with Crippen molar-refractivity contribution in [3.8, 4) is 5.88 Å². The summed E-state index contributed by atoms with van der Waals surface area (Å²) in [6.45, 7) is 5.19. The van der Waals surface area contributed by atoms with Crippen LogP contribution < -0.4 is 4.74 Å². The van der Waals surface area contributed by atoms with E-state index in [0.717, 1.165) is 31.4 Å².